The molecule has 1 rings (SSSR count). The average molecular weight is 242 g/mol. The monoisotopic (exact) mass is 242 g/mol. The molecule has 1 aromatic heterocycles. The zero-order chi connectivity index (χ0) is 13.1. The highest BCUT2D eigenvalue weighted by Gasteiger charge is 2.19. The van der Waals surface area contributed by atoms with Gasteiger partial charge in [0.1, 0.15) is 11.3 Å². The Morgan fingerprint density at radius 2 is 1.88 bits per heavy atom. The number of hydrogen-bond donors (Lipinski definition) is 2. The van der Waals surface area contributed by atoms with Crippen LogP contribution in [0.5, 0.6) is 0 Å². The third-order valence-electron chi connectivity index (χ3n) is 1.54. The van der Waals surface area contributed by atoms with Gasteiger partial charge in [0.15, 0.2) is 5.69 Å². The summed E-state index contributed by atoms with van der Waals surface area (Å²) in [4.78, 5) is 22.7. The normalized spacial score (nSPS) is 10.8. The fourth-order valence-electron chi connectivity index (χ4n) is 0.908. The van der Waals surface area contributed by atoms with E-state index in [1.807, 2.05) is 0 Å². The van der Waals surface area contributed by atoms with Crippen LogP contribution in [0, 0.1) is 6.92 Å². The van der Waals surface area contributed by atoms with E-state index < -0.39 is 17.6 Å². The minimum absolute atomic E-state index is 0.000980. The van der Waals surface area contributed by atoms with Gasteiger partial charge in [0.25, 0.3) is 5.91 Å². The van der Waals surface area contributed by atoms with Gasteiger partial charge in [-0.15, -0.1) is 0 Å². The number of amides is 2. The summed E-state index contributed by atoms with van der Waals surface area (Å²) in [5, 5.41) is 6.81. The van der Waals surface area contributed by atoms with E-state index in [1.165, 1.54) is 0 Å². The van der Waals surface area contributed by atoms with Crippen molar-refractivity contribution in [3.63, 3.8) is 0 Å². The summed E-state index contributed by atoms with van der Waals surface area (Å²) in [5.41, 5.74) is 3.90. The van der Waals surface area contributed by atoms with Gasteiger partial charge in [-0.3, -0.25) is 10.2 Å². The van der Waals surface area contributed by atoms with Gasteiger partial charge in [0, 0.05) is 0 Å². The van der Waals surface area contributed by atoms with E-state index in [4.69, 9.17) is 4.74 Å². The van der Waals surface area contributed by atoms with Gasteiger partial charge in [-0.05, 0) is 32.9 Å². The maximum atomic E-state index is 11.5. The third kappa shape index (κ3) is 4.09. The largest absolute Gasteiger partial charge is 0.443 e. The van der Waals surface area contributed by atoms with E-state index in [-0.39, 0.29) is 5.69 Å². The average Bonchev–Trinajstić information content (AvgIpc) is 2.58. The Hall–Kier alpha value is -2.12. The van der Waals surface area contributed by atoms with Crippen LogP contribution in [0.1, 0.15) is 37.0 Å². The predicted octanol–water partition coefficient (Wildman–Crippen LogP) is 0.548. The van der Waals surface area contributed by atoms with Crippen LogP contribution >= 0.6 is 0 Å². The molecular weight excluding hydrogens is 228 g/mol. The molecule has 0 spiro atoms. The van der Waals surface area contributed by atoms with Gasteiger partial charge in [0.2, 0.25) is 0 Å². The Balaban J connectivity index is 2.45. The zero-order valence-corrected chi connectivity index (χ0v) is 10.0. The molecule has 2 N–H and O–H groups in total. The first kappa shape index (κ1) is 12.9. The molecule has 1 heterocycles. The van der Waals surface area contributed by atoms with Gasteiger partial charge < -0.3 is 4.74 Å². The van der Waals surface area contributed by atoms with Crippen molar-refractivity contribution in [2.75, 3.05) is 0 Å². The lowest BCUT2D eigenvalue weighted by molar-refractivity contribution is 0.0482. The van der Waals surface area contributed by atoms with E-state index in [0.717, 1.165) is 0 Å². The number of carbonyl (C=O) groups is 2. The first-order chi connectivity index (χ1) is 7.79. The highest BCUT2D eigenvalue weighted by atomic mass is 16.6. The van der Waals surface area contributed by atoms with Gasteiger partial charge >= 0.3 is 6.09 Å². The number of nitrogens with one attached hydrogen (secondary N) is 2. The lowest BCUT2D eigenvalue weighted by atomic mass is 10.2. The van der Waals surface area contributed by atoms with Crippen LogP contribution in [0.25, 0.3) is 0 Å². The van der Waals surface area contributed by atoms with Crippen molar-refractivity contribution in [3.8, 4) is 0 Å². The van der Waals surface area contributed by atoms with Crippen LogP contribution < -0.4 is 10.9 Å². The number of hydrogen-bond acceptors (Lipinski definition) is 6. The molecule has 0 aliphatic rings. The number of nitrogens with zero attached hydrogens (tertiary/aromatic N) is 2. The Labute approximate surface area is 97.6 Å². The van der Waals surface area contributed by atoms with E-state index in [0.29, 0.717) is 5.69 Å². The van der Waals surface area contributed by atoms with Crippen molar-refractivity contribution >= 4 is 12.0 Å². The molecule has 0 aromatic carbocycles. The fraction of sp³-hybridized carbons (Fsp3) is 0.556. The van der Waals surface area contributed by atoms with E-state index in [9.17, 15) is 9.59 Å². The minimum Gasteiger partial charge on any atom is -0.443 e. The van der Waals surface area contributed by atoms with Crippen LogP contribution in [-0.2, 0) is 4.74 Å². The van der Waals surface area contributed by atoms with Crippen molar-refractivity contribution < 1.29 is 19.0 Å². The summed E-state index contributed by atoms with van der Waals surface area (Å²) in [6.07, 6.45) is -0.764. The van der Waals surface area contributed by atoms with Gasteiger partial charge in [-0.2, -0.15) is 0 Å². The molecule has 17 heavy (non-hydrogen) atoms. The molecule has 8 heteroatoms. The topological polar surface area (TPSA) is 106 Å². The maximum absolute atomic E-state index is 11.5. The molecule has 0 saturated carbocycles. The first-order valence-electron chi connectivity index (χ1n) is 4.88. The molecule has 0 unspecified atom stereocenters. The summed E-state index contributed by atoms with van der Waals surface area (Å²) in [6.45, 7) is 6.68. The smallest absolute Gasteiger partial charge is 0.426 e. The number of ether oxygens (including phenoxy) is 1. The van der Waals surface area contributed by atoms with Crippen molar-refractivity contribution in [1.82, 2.24) is 21.2 Å². The molecule has 0 fully saturated rings. The van der Waals surface area contributed by atoms with Crippen LogP contribution in [0.3, 0.4) is 0 Å². The minimum atomic E-state index is -0.764. The van der Waals surface area contributed by atoms with Crippen LogP contribution in [0.4, 0.5) is 4.79 Å². The lowest BCUT2D eigenvalue weighted by Gasteiger charge is -2.19. The van der Waals surface area contributed by atoms with Crippen LogP contribution in [-0.4, -0.2) is 27.9 Å². The Kier molecular flexibility index (Phi) is 3.66. The number of carbonyl (C=O) groups excluding carboxylic acids is 2. The number of rotatable bonds is 1. The van der Waals surface area contributed by atoms with E-state index in [1.54, 1.807) is 27.7 Å². The Morgan fingerprint density at radius 3 is 2.35 bits per heavy atom. The number of aryl methyl sites for hydroxylation is 1. The first-order valence-corrected chi connectivity index (χ1v) is 4.88. The van der Waals surface area contributed by atoms with Gasteiger partial charge in [0.05, 0.1) is 0 Å². The SMILES string of the molecule is Cc1nonc1C(=O)NNC(=O)OC(C)(C)C. The van der Waals surface area contributed by atoms with Gasteiger partial charge in [-0.25, -0.2) is 14.8 Å². The Morgan fingerprint density at radius 1 is 1.24 bits per heavy atom. The maximum Gasteiger partial charge on any atom is 0.426 e. The molecule has 0 radical (unpaired) electrons. The van der Waals surface area contributed by atoms with Gasteiger partial charge in [-0.1, -0.05) is 5.16 Å². The highest BCUT2D eigenvalue weighted by Crippen LogP contribution is 2.06. The number of aromatic nitrogens is 2. The summed E-state index contributed by atoms with van der Waals surface area (Å²) in [7, 11) is 0. The van der Waals surface area contributed by atoms with Crippen LogP contribution in [0.2, 0.25) is 0 Å². The summed E-state index contributed by atoms with van der Waals surface area (Å²) < 4.78 is 9.26. The lowest BCUT2D eigenvalue weighted by Crippen LogP contribution is -2.44. The fourth-order valence-corrected chi connectivity index (χ4v) is 0.908. The van der Waals surface area contributed by atoms with E-state index >= 15 is 0 Å². The predicted molar refractivity (Wildman–Crippen MR) is 55.9 cm³/mol. The second-order valence-corrected chi connectivity index (χ2v) is 4.28. The molecule has 1 aromatic rings. The van der Waals surface area contributed by atoms with Crippen molar-refractivity contribution in [3.05, 3.63) is 11.4 Å². The molecular formula is C9H14N4O4. The summed E-state index contributed by atoms with van der Waals surface area (Å²) in [5.74, 6) is -0.630. The third-order valence-corrected chi connectivity index (χ3v) is 1.54. The quantitative estimate of drug-likeness (QED) is 0.696. The van der Waals surface area contributed by atoms with Crippen LogP contribution in [0.15, 0.2) is 4.63 Å². The molecule has 8 nitrogen and oxygen atoms in total. The molecule has 0 bridgehead atoms. The van der Waals surface area contributed by atoms with E-state index in [2.05, 4.69) is 25.8 Å². The summed E-state index contributed by atoms with van der Waals surface area (Å²) >= 11 is 0. The molecule has 94 valence electrons. The highest BCUT2D eigenvalue weighted by molar-refractivity contribution is 5.93. The second kappa shape index (κ2) is 4.81. The summed E-state index contributed by atoms with van der Waals surface area (Å²) in [6, 6.07) is 0. The zero-order valence-electron chi connectivity index (χ0n) is 10.0. The molecule has 0 aliphatic heterocycles. The molecule has 2 amide bonds. The van der Waals surface area contributed by atoms with Crippen molar-refractivity contribution in [1.29, 1.82) is 0 Å². The number of hydrazine groups is 1. The second-order valence-electron chi connectivity index (χ2n) is 4.28. The molecule has 0 saturated heterocycles. The standard InChI is InChI=1S/C9H14N4O4/c1-5-6(13-17-12-5)7(14)10-11-8(15)16-9(2,3)4/h1-4H3,(H,10,14)(H,11,15). The Bertz CT molecular complexity index is 421. The molecule has 0 atom stereocenters. The van der Waals surface area contributed by atoms with Crippen molar-refractivity contribution in [2.45, 2.75) is 33.3 Å². The van der Waals surface area contributed by atoms with Crippen molar-refractivity contribution in [2.24, 2.45) is 0 Å². The molecule has 0 aliphatic carbocycles.